The van der Waals surface area contributed by atoms with Crippen molar-refractivity contribution in [2.45, 2.75) is 18.9 Å². The number of nitrogen functional groups attached to an aromatic ring is 1. The highest BCUT2D eigenvalue weighted by molar-refractivity contribution is 7.90. The van der Waals surface area contributed by atoms with E-state index in [2.05, 4.69) is 10.2 Å². The predicted octanol–water partition coefficient (Wildman–Crippen LogP) is 1.17. The number of benzene rings is 1. The lowest BCUT2D eigenvalue weighted by atomic mass is 10.0. The highest BCUT2D eigenvalue weighted by atomic mass is 35.5. The van der Waals surface area contributed by atoms with Gasteiger partial charge in [0, 0.05) is 38.0 Å². The van der Waals surface area contributed by atoms with Crippen molar-refractivity contribution in [3.05, 3.63) is 22.7 Å². The van der Waals surface area contributed by atoms with E-state index in [9.17, 15) is 13.2 Å². The van der Waals surface area contributed by atoms with E-state index >= 15 is 0 Å². The van der Waals surface area contributed by atoms with E-state index in [1.165, 1.54) is 25.5 Å². The Morgan fingerprint density at radius 1 is 1.40 bits per heavy atom. The quantitative estimate of drug-likeness (QED) is 0.708. The fourth-order valence-corrected chi connectivity index (χ4v) is 3.53. The summed E-state index contributed by atoms with van der Waals surface area (Å²) >= 11 is 6.00. The van der Waals surface area contributed by atoms with Gasteiger partial charge in [-0.2, -0.15) is 0 Å². The monoisotopic (exact) mass is 389 g/mol. The van der Waals surface area contributed by atoms with Gasteiger partial charge in [0.1, 0.15) is 15.6 Å². The highest BCUT2D eigenvalue weighted by Crippen LogP contribution is 2.29. The first kappa shape index (κ1) is 19.8. The lowest BCUT2D eigenvalue weighted by Crippen LogP contribution is -2.45. The Morgan fingerprint density at radius 3 is 2.60 bits per heavy atom. The molecular formula is C16H24ClN3O4S. The van der Waals surface area contributed by atoms with Gasteiger partial charge in [-0.1, -0.05) is 11.6 Å². The number of nitrogens with one attached hydrogen (secondary N) is 1. The second-order valence-corrected chi connectivity index (χ2v) is 8.96. The van der Waals surface area contributed by atoms with Gasteiger partial charge in [-0.3, -0.25) is 4.79 Å². The van der Waals surface area contributed by atoms with Gasteiger partial charge in [0.05, 0.1) is 29.1 Å². The summed E-state index contributed by atoms with van der Waals surface area (Å²) in [7, 11) is -1.48. The summed E-state index contributed by atoms with van der Waals surface area (Å²) in [6.45, 7) is 2.03. The predicted molar refractivity (Wildman–Crippen MR) is 99.1 cm³/mol. The van der Waals surface area contributed by atoms with Gasteiger partial charge < -0.3 is 20.7 Å². The third kappa shape index (κ3) is 5.76. The first-order valence-corrected chi connectivity index (χ1v) is 10.5. The fourth-order valence-electron chi connectivity index (χ4n) is 2.77. The minimum Gasteiger partial charge on any atom is -0.496 e. The Balaban J connectivity index is 1.92. The van der Waals surface area contributed by atoms with Crippen LogP contribution in [0, 0.1) is 0 Å². The minimum atomic E-state index is -2.96. The van der Waals surface area contributed by atoms with Crippen molar-refractivity contribution in [1.82, 2.24) is 10.2 Å². The number of carbonyl (C=O) groups excluding carboxylic acids is 1. The fraction of sp³-hybridized carbons (Fsp3) is 0.562. The van der Waals surface area contributed by atoms with E-state index in [0.29, 0.717) is 28.6 Å². The molecule has 0 spiro atoms. The molecule has 0 radical (unpaired) electrons. The van der Waals surface area contributed by atoms with Gasteiger partial charge in [-0.15, -0.1) is 0 Å². The molecule has 0 bridgehead atoms. The number of nitrogens with zero attached hydrogens (tertiary/aromatic N) is 1. The first-order valence-electron chi connectivity index (χ1n) is 8.03. The summed E-state index contributed by atoms with van der Waals surface area (Å²) in [5.74, 6) is 0.281. The SMILES string of the molecule is COc1cc(N)c(Cl)cc1C(=O)NC1CCN(CCS(C)(=O)=O)CC1. The van der Waals surface area contributed by atoms with Crippen LogP contribution in [0.4, 0.5) is 5.69 Å². The Labute approximate surface area is 153 Å². The van der Waals surface area contributed by atoms with E-state index in [-0.39, 0.29) is 17.7 Å². The molecule has 0 aromatic heterocycles. The van der Waals surface area contributed by atoms with Crippen LogP contribution >= 0.6 is 11.6 Å². The lowest BCUT2D eigenvalue weighted by molar-refractivity contribution is 0.0910. The largest absolute Gasteiger partial charge is 0.496 e. The van der Waals surface area contributed by atoms with Gasteiger partial charge in [0.25, 0.3) is 5.91 Å². The Kier molecular flexibility index (Phi) is 6.53. The van der Waals surface area contributed by atoms with Gasteiger partial charge in [-0.25, -0.2) is 8.42 Å². The standard InChI is InChI=1S/C16H24ClN3O4S/c1-24-15-10-14(18)13(17)9-12(15)16(21)19-11-3-5-20(6-4-11)7-8-25(2,22)23/h9-11H,3-8,18H2,1-2H3,(H,19,21). The molecule has 1 aliphatic heterocycles. The number of sulfone groups is 1. The summed E-state index contributed by atoms with van der Waals surface area (Å²) in [4.78, 5) is 14.6. The van der Waals surface area contributed by atoms with E-state index < -0.39 is 9.84 Å². The third-order valence-corrected chi connectivity index (χ3v) is 5.52. The number of nitrogens with two attached hydrogens (primary N) is 1. The van der Waals surface area contributed by atoms with Crippen LogP contribution < -0.4 is 15.8 Å². The average Bonchev–Trinajstić information content (AvgIpc) is 2.55. The van der Waals surface area contributed by atoms with Crippen LogP contribution in [0.25, 0.3) is 0 Å². The number of piperidine rings is 1. The van der Waals surface area contributed by atoms with E-state index in [0.717, 1.165) is 25.9 Å². The minimum absolute atomic E-state index is 0.0306. The number of hydrogen-bond donors (Lipinski definition) is 2. The molecule has 1 aromatic carbocycles. The number of rotatable bonds is 6. The molecule has 0 saturated carbocycles. The number of amides is 1. The van der Waals surface area contributed by atoms with Crippen molar-refractivity contribution >= 4 is 33.0 Å². The topological polar surface area (TPSA) is 102 Å². The molecule has 1 heterocycles. The van der Waals surface area contributed by atoms with Crippen LogP contribution in [0.3, 0.4) is 0 Å². The third-order valence-electron chi connectivity index (χ3n) is 4.26. The molecule has 140 valence electrons. The first-order chi connectivity index (χ1) is 11.7. The molecule has 0 aliphatic carbocycles. The Hall–Kier alpha value is -1.51. The van der Waals surface area contributed by atoms with Crippen LogP contribution in [0.5, 0.6) is 5.75 Å². The van der Waals surface area contributed by atoms with Crippen molar-refractivity contribution < 1.29 is 17.9 Å². The van der Waals surface area contributed by atoms with Crippen LogP contribution in [0.2, 0.25) is 5.02 Å². The molecule has 1 aliphatic rings. The number of hydrogen-bond acceptors (Lipinski definition) is 6. The zero-order chi connectivity index (χ0) is 18.6. The number of carbonyl (C=O) groups is 1. The molecule has 1 aromatic rings. The Morgan fingerprint density at radius 2 is 2.04 bits per heavy atom. The second-order valence-electron chi connectivity index (χ2n) is 6.29. The van der Waals surface area contributed by atoms with Crippen LogP contribution in [-0.4, -0.2) is 64.0 Å². The molecule has 7 nitrogen and oxygen atoms in total. The second kappa shape index (κ2) is 8.25. The lowest BCUT2D eigenvalue weighted by Gasteiger charge is -2.32. The molecule has 25 heavy (non-hydrogen) atoms. The molecular weight excluding hydrogens is 366 g/mol. The number of anilines is 1. The van der Waals surface area contributed by atoms with Crippen molar-refractivity contribution in [2.24, 2.45) is 0 Å². The van der Waals surface area contributed by atoms with Crippen molar-refractivity contribution in [3.8, 4) is 5.75 Å². The van der Waals surface area contributed by atoms with Gasteiger partial charge >= 0.3 is 0 Å². The molecule has 0 unspecified atom stereocenters. The molecule has 9 heteroatoms. The van der Waals surface area contributed by atoms with Crippen LogP contribution in [0.1, 0.15) is 23.2 Å². The summed E-state index contributed by atoms with van der Waals surface area (Å²) in [6, 6.07) is 3.07. The Bertz CT molecular complexity index is 731. The van der Waals surface area contributed by atoms with E-state index in [1.54, 1.807) is 0 Å². The maximum absolute atomic E-state index is 12.5. The number of ether oxygens (including phenoxy) is 1. The van der Waals surface area contributed by atoms with Crippen molar-refractivity contribution in [2.75, 3.05) is 44.5 Å². The zero-order valence-electron chi connectivity index (χ0n) is 14.4. The number of likely N-dealkylation sites (tertiary alicyclic amines) is 1. The normalized spacial score (nSPS) is 16.6. The van der Waals surface area contributed by atoms with Crippen LogP contribution in [-0.2, 0) is 9.84 Å². The van der Waals surface area contributed by atoms with E-state index in [4.69, 9.17) is 22.1 Å². The number of halogens is 1. The molecule has 3 N–H and O–H groups in total. The highest BCUT2D eigenvalue weighted by Gasteiger charge is 2.23. The molecule has 1 saturated heterocycles. The number of methoxy groups -OCH3 is 1. The van der Waals surface area contributed by atoms with Crippen molar-refractivity contribution in [3.63, 3.8) is 0 Å². The van der Waals surface area contributed by atoms with Gasteiger partial charge in [-0.05, 0) is 18.9 Å². The van der Waals surface area contributed by atoms with Gasteiger partial charge in [0.2, 0.25) is 0 Å². The summed E-state index contributed by atoms with van der Waals surface area (Å²) in [6.07, 6.45) is 2.77. The molecule has 0 atom stereocenters. The smallest absolute Gasteiger partial charge is 0.255 e. The van der Waals surface area contributed by atoms with Crippen LogP contribution in [0.15, 0.2) is 12.1 Å². The summed E-state index contributed by atoms with van der Waals surface area (Å²) in [5, 5.41) is 3.29. The van der Waals surface area contributed by atoms with Gasteiger partial charge in [0.15, 0.2) is 0 Å². The molecule has 1 fully saturated rings. The zero-order valence-corrected chi connectivity index (χ0v) is 16.0. The molecule has 1 amide bonds. The maximum atomic E-state index is 12.5. The summed E-state index contributed by atoms with van der Waals surface area (Å²) < 4.78 is 27.7. The average molecular weight is 390 g/mol. The van der Waals surface area contributed by atoms with E-state index in [1.807, 2.05) is 0 Å². The van der Waals surface area contributed by atoms with Crippen molar-refractivity contribution in [1.29, 1.82) is 0 Å². The maximum Gasteiger partial charge on any atom is 0.255 e. The molecule has 2 rings (SSSR count). The summed E-state index contributed by atoms with van der Waals surface area (Å²) in [5.41, 5.74) is 6.44.